The van der Waals surface area contributed by atoms with E-state index in [1.165, 1.54) is 18.7 Å². The van der Waals surface area contributed by atoms with Gasteiger partial charge in [-0.1, -0.05) is 6.92 Å². The summed E-state index contributed by atoms with van der Waals surface area (Å²) >= 11 is 1.93. The summed E-state index contributed by atoms with van der Waals surface area (Å²) in [5.41, 5.74) is 0. The van der Waals surface area contributed by atoms with Crippen molar-refractivity contribution in [3.8, 4) is 0 Å². The van der Waals surface area contributed by atoms with E-state index in [0.717, 1.165) is 6.54 Å². The second-order valence-electron chi connectivity index (χ2n) is 4.03. The van der Waals surface area contributed by atoms with E-state index in [1.807, 2.05) is 11.8 Å². The van der Waals surface area contributed by atoms with Crippen molar-refractivity contribution in [2.24, 2.45) is 0 Å². The third-order valence-electron chi connectivity index (χ3n) is 2.63. The van der Waals surface area contributed by atoms with Crippen LogP contribution in [0.5, 0.6) is 0 Å². The average molecular weight is 218 g/mol. The van der Waals surface area contributed by atoms with Crippen molar-refractivity contribution < 1.29 is 0 Å². The first-order valence-electron chi connectivity index (χ1n) is 5.54. The first-order valence-corrected chi connectivity index (χ1v) is 6.93. The number of hydrogen-bond donors (Lipinski definition) is 1. The quantitative estimate of drug-likeness (QED) is 0.671. The first kappa shape index (κ1) is 14.3. The summed E-state index contributed by atoms with van der Waals surface area (Å²) in [6.07, 6.45) is 3.41. The number of nitrogens with one attached hydrogen (secondary N) is 1. The van der Waals surface area contributed by atoms with Crippen molar-refractivity contribution in [1.29, 1.82) is 0 Å². The highest BCUT2D eigenvalue weighted by molar-refractivity contribution is 7.98. The smallest absolute Gasteiger partial charge is 0.0154 e. The Kier molecular flexibility index (Phi) is 8.73. The predicted octanol–water partition coefficient (Wildman–Crippen LogP) is 2.06. The molecule has 0 aliphatic carbocycles. The minimum atomic E-state index is 0.643. The molecule has 3 heteroatoms. The van der Waals surface area contributed by atoms with Crippen molar-refractivity contribution in [2.75, 3.05) is 32.1 Å². The fraction of sp³-hybridized carbons (Fsp3) is 1.00. The van der Waals surface area contributed by atoms with Gasteiger partial charge in [-0.25, -0.2) is 0 Å². The van der Waals surface area contributed by atoms with E-state index in [1.54, 1.807) is 0 Å². The molecule has 0 aromatic rings. The van der Waals surface area contributed by atoms with Gasteiger partial charge >= 0.3 is 0 Å². The molecule has 2 nitrogen and oxygen atoms in total. The van der Waals surface area contributed by atoms with Gasteiger partial charge in [0.15, 0.2) is 0 Å². The Bertz CT molecular complexity index is 130. The van der Waals surface area contributed by atoms with E-state index in [-0.39, 0.29) is 0 Å². The normalized spacial score (nSPS) is 15.9. The maximum Gasteiger partial charge on any atom is 0.0154 e. The van der Waals surface area contributed by atoms with Crippen LogP contribution in [0.4, 0.5) is 0 Å². The average Bonchev–Trinajstić information content (AvgIpc) is 2.15. The summed E-state index contributed by atoms with van der Waals surface area (Å²) < 4.78 is 0. The van der Waals surface area contributed by atoms with E-state index in [9.17, 15) is 0 Å². The van der Waals surface area contributed by atoms with Gasteiger partial charge in [0.05, 0.1) is 0 Å². The molecule has 0 saturated carbocycles. The molecule has 1 N–H and O–H groups in total. The van der Waals surface area contributed by atoms with Gasteiger partial charge in [0, 0.05) is 17.8 Å². The van der Waals surface area contributed by atoms with Crippen LogP contribution in [0, 0.1) is 0 Å². The predicted molar refractivity (Wildman–Crippen MR) is 68.2 cm³/mol. The van der Waals surface area contributed by atoms with Crippen molar-refractivity contribution in [2.45, 2.75) is 39.3 Å². The van der Waals surface area contributed by atoms with Crippen molar-refractivity contribution in [1.82, 2.24) is 10.2 Å². The molecule has 0 aromatic carbocycles. The van der Waals surface area contributed by atoms with Crippen molar-refractivity contribution >= 4 is 11.8 Å². The van der Waals surface area contributed by atoms with Gasteiger partial charge in [-0.15, -0.1) is 0 Å². The molecule has 86 valence electrons. The van der Waals surface area contributed by atoms with E-state index in [4.69, 9.17) is 0 Å². The molecule has 0 bridgehead atoms. The zero-order valence-corrected chi connectivity index (χ0v) is 11.2. The van der Waals surface area contributed by atoms with Gasteiger partial charge in [-0.3, -0.25) is 0 Å². The van der Waals surface area contributed by atoms with Crippen LogP contribution in [0.15, 0.2) is 0 Å². The summed E-state index contributed by atoms with van der Waals surface area (Å²) in [7, 11) is 2.22. The van der Waals surface area contributed by atoms with Crippen LogP contribution in [-0.4, -0.2) is 49.1 Å². The highest BCUT2D eigenvalue weighted by Crippen LogP contribution is 2.04. The van der Waals surface area contributed by atoms with Crippen molar-refractivity contribution in [3.05, 3.63) is 0 Å². The number of nitrogens with zero attached hydrogens (tertiary/aromatic N) is 1. The van der Waals surface area contributed by atoms with Crippen LogP contribution in [0.25, 0.3) is 0 Å². The van der Waals surface area contributed by atoms with Crippen LogP contribution < -0.4 is 5.32 Å². The molecule has 0 spiro atoms. The van der Waals surface area contributed by atoms with Gasteiger partial charge in [-0.05, 0) is 46.7 Å². The molecule has 0 aromatic heterocycles. The maximum atomic E-state index is 3.44. The van der Waals surface area contributed by atoms with E-state index in [2.05, 4.69) is 44.3 Å². The lowest BCUT2D eigenvalue weighted by atomic mass is 10.2. The molecule has 0 radical (unpaired) electrons. The van der Waals surface area contributed by atoms with Gasteiger partial charge in [0.1, 0.15) is 0 Å². The third-order valence-corrected chi connectivity index (χ3v) is 3.44. The molecule has 0 heterocycles. The zero-order chi connectivity index (χ0) is 11.0. The lowest BCUT2D eigenvalue weighted by molar-refractivity contribution is 0.263. The van der Waals surface area contributed by atoms with Gasteiger partial charge in [-0.2, -0.15) is 11.8 Å². The van der Waals surface area contributed by atoms with Crippen molar-refractivity contribution in [3.63, 3.8) is 0 Å². The molecule has 0 fully saturated rings. The second kappa shape index (κ2) is 8.57. The van der Waals surface area contributed by atoms with Crippen LogP contribution in [0.2, 0.25) is 0 Å². The lowest BCUT2D eigenvalue weighted by Crippen LogP contribution is -2.36. The van der Waals surface area contributed by atoms with Gasteiger partial charge in [0.25, 0.3) is 0 Å². The number of hydrogen-bond acceptors (Lipinski definition) is 3. The Labute approximate surface area is 93.8 Å². The molecule has 0 rings (SSSR count). The first-order chi connectivity index (χ1) is 6.61. The highest BCUT2D eigenvalue weighted by Gasteiger charge is 2.09. The monoisotopic (exact) mass is 218 g/mol. The molecule has 0 amide bonds. The van der Waals surface area contributed by atoms with E-state index >= 15 is 0 Å². The van der Waals surface area contributed by atoms with Crippen LogP contribution >= 0.6 is 11.8 Å². The molecule has 2 unspecified atom stereocenters. The topological polar surface area (TPSA) is 15.3 Å². The van der Waals surface area contributed by atoms with E-state index < -0.39 is 0 Å². The van der Waals surface area contributed by atoms with Crippen LogP contribution in [-0.2, 0) is 0 Å². The van der Waals surface area contributed by atoms with Crippen LogP contribution in [0.3, 0.4) is 0 Å². The lowest BCUT2D eigenvalue weighted by Gasteiger charge is -2.25. The Morgan fingerprint density at radius 3 is 2.50 bits per heavy atom. The molecular formula is C11H26N2S. The zero-order valence-electron chi connectivity index (χ0n) is 10.3. The third kappa shape index (κ3) is 6.68. The SMILES string of the molecule is CCNC(C)CCN(C)C(C)CSC. The molecule has 14 heavy (non-hydrogen) atoms. The van der Waals surface area contributed by atoms with Gasteiger partial charge in [0.2, 0.25) is 0 Å². The summed E-state index contributed by atoms with van der Waals surface area (Å²) in [6, 6.07) is 1.34. The number of thioether (sulfide) groups is 1. The highest BCUT2D eigenvalue weighted by atomic mass is 32.2. The summed E-state index contributed by atoms with van der Waals surface area (Å²) in [6.45, 7) is 8.99. The Hall–Kier alpha value is 0.270. The largest absolute Gasteiger partial charge is 0.314 e. The molecular weight excluding hydrogens is 192 g/mol. The Balaban J connectivity index is 3.56. The summed E-state index contributed by atoms with van der Waals surface area (Å²) in [5.74, 6) is 1.23. The molecule has 0 aliphatic rings. The minimum absolute atomic E-state index is 0.643. The molecule has 0 aliphatic heterocycles. The maximum absolute atomic E-state index is 3.44. The molecule has 2 atom stereocenters. The minimum Gasteiger partial charge on any atom is -0.314 e. The second-order valence-corrected chi connectivity index (χ2v) is 4.94. The Morgan fingerprint density at radius 1 is 1.36 bits per heavy atom. The summed E-state index contributed by atoms with van der Waals surface area (Å²) in [4.78, 5) is 2.45. The Morgan fingerprint density at radius 2 is 2.00 bits per heavy atom. The van der Waals surface area contributed by atoms with Gasteiger partial charge < -0.3 is 10.2 Å². The van der Waals surface area contributed by atoms with Crippen LogP contribution in [0.1, 0.15) is 27.2 Å². The fourth-order valence-corrected chi connectivity index (χ4v) is 2.17. The summed E-state index contributed by atoms with van der Waals surface area (Å²) in [5, 5.41) is 3.44. The standard InChI is InChI=1S/C11H26N2S/c1-6-12-10(2)7-8-13(4)11(3)9-14-5/h10-12H,6-9H2,1-5H3. The fourth-order valence-electron chi connectivity index (χ4n) is 1.44. The molecule has 0 saturated heterocycles. The van der Waals surface area contributed by atoms with E-state index in [0.29, 0.717) is 12.1 Å². The number of rotatable bonds is 8.